The summed E-state index contributed by atoms with van der Waals surface area (Å²) in [6.45, 7) is 2.18. The number of aliphatic hydroxyl groups excluding tert-OH is 1. The SMILES string of the molecule is CCOc1ccc(S(=O)(=O)NC2CCC(CCO)CC2)cc1C(=O)O. The Morgan fingerprint density at radius 1 is 1.28 bits per heavy atom. The van der Waals surface area contributed by atoms with Crippen LogP contribution in [-0.2, 0) is 10.0 Å². The Morgan fingerprint density at radius 2 is 1.96 bits per heavy atom. The number of hydrogen-bond acceptors (Lipinski definition) is 5. The van der Waals surface area contributed by atoms with Crippen molar-refractivity contribution in [2.24, 2.45) is 5.92 Å². The van der Waals surface area contributed by atoms with E-state index in [1.165, 1.54) is 12.1 Å². The molecule has 25 heavy (non-hydrogen) atoms. The lowest BCUT2D eigenvalue weighted by atomic mass is 9.85. The molecule has 140 valence electrons. The Hall–Kier alpha value is -1.64. The minimum atomic E-state index is -3.80. The standard InChI is InChI=1S/C17H25NO6S/c1-2-24-16-8-7-14(11-15(16)17(20)21)25(22,23)18-13-5-3-12(4-6-13)9-10-19/h7-8,11-13,18-19H,2-6,9-10H2,1H3,(H,20,21). The first-order valence-corrected chi connectivity index (χ1v) is 9.99. The number of sulfonamides is 1. The van der Waals surface area contributed by atoms with Crippen LogP contribution in [0.2, 0.25) is 0 Å². The summed E-state index contributed by atoms with van der Waals surface area (Å²) in [5.41, 5.74) is -0.170. The van der Waals surface area contributed by atoms with E-state index in [9.17, 15) is 18.3 Å². The Bertz CT molecular complexity index is 695. The molecule has 0 aliphatic heterocycles. The van der Waals surface area contributed by atoms with Gasteiger partial charge in [0.1, 0.15) is 11.3 Å². The molecule has 1 aromatic carbocycles. The normalized spacial score (nSPS) is 21.0. The second-order valence-corrected chi connectivity index (χ2v) is 7.96. The molecule has 0 aromatic heterocycles. The predicted molar refractivity (Wildman–Crippen MR) is 92.3 cm³/mol. The van der Waals surface area contributed by atoms with Gasteiger partial charge in [0.05, 0.1) is 11.5 Å². The monoisotopic (exact) mass is 371 g/mol. The van der Waals surface area contributed by atoms with Crippen molar-refractivity contribution in [1.82, 2.24) is 4.72 Å². The van der Waals surface area contributed by atoms with Crippen LogP contribution in [0.3, 0.4) is 0 Å². The molecule has 0 spiro atoms. The van der Waals surface area contributed by atoms with Gasteiger partial charge >= 0.3 is 5.97 Å². The average Bonchev–Trinajstić information content (AvgIpc) is 2.57. The van der Waals surface area contributed by atoms with Gasteiger partial charge in [0.2, 0.25) is 10.0 Å². The van der Waals surface area contributed by atoms with Crippen LogP contribution in [0.4, 0.5) is 0 Å². The molecule has 0 amide bonds. The minimum Gasteiger partial charge on any atom is -0.493 e. The van der Waals surface area contributed by atoms with Gasteiger partial charge < -0.3 is 14.9 Å². The van der Waals surface area contributed by atoms with E-state index in [0.717, 1.165) is 25.3 Å². The van der Waals surface area contributed by atoms with Crippen molar-refractivity contribution < 1.29 is 28.2 Å². The third-order valence-corrected chi connectivity index (χ3v) is 6.02. The molecule has 2 rings (SSSR count). The van der Waals surface area contributed by atoms with E-state index in [1.807, 2.05) is 0 Å². The number of hydrogen-bond donors (Lipinski definition) is 3. The number of benzene rings is 1. The molecule has 0 unspecified atom stereocenters. The molecule has 1 aromatic rings. The maximum atomic E-state index is 12.6. The predicted octanol–water partition coefficient (Wildman–Crippen LogP) is 2.00. The van der Waals surface area contributed by atoms with Crippen molar-refractivity contribution in [1.29, 1.82) is 0 Å². The van der Waals surface area contributed by atoms with Crippen LogP contribution in [0.15, 0.2) is 23.1 Å². The highest BCUT2D eigenvalue weighted by Crippen LogP contribution is 2.28. The zero-order valence-corrected chi connectivity index (χ0v) is 15.1. The second-order valence-electron chi connectivity index (χ2n) is 6.25. The molecule has 7 nitrogen and oxygen atoms in total. The molecule has 0 bridgehead atoms. The summed E-state index contributed by atoms with van der Waals surface area (Å²) < 4.78 is 33.0. The smallest absolute Gasteiger partial charge is 0.339 e. The lowest BCUT2D eigenvalue weighted by Crippen LogP contribution is -2.37. The highest BCUT2D eigenvalue weighted by molar-refractivity contribution is 7.89. The third kappa shape index (κ3) is 5.17. The second kappa shape index (κ2) is 8.64. The van der Waals surface area contributed by atoms with Gasteiger partial charge in [-0.2, -0.15) is 0 Å². The Labute approximate surface area is 148 Å². The van der Waals surface area contributed by atoms with Crippen molar-refractivity contribution >= 4 is 16.0 Å². The molecule has 1 aliphatic rings. The van der Waals surface area contributed by atoms with Crippen molar-refractivity contribution in [3.8, 4) is 5.75 Å². The maximum Gasteiger partial charge on any atom is 0.339 e. The molecule has 1 fully saturated rings. The van der Waals surface area contributed by atoms with E-state index in [2.05, 4.69) is 4.72 Å². The third-order valence-electron chi connectivity index (χ3n) is 4.50. The summed E-state index contributed by atoms with van der Waals surface area (Å²) in [5, 5.41) is 18.2. The zero-order valence-electron chi connectivity index (χ0n) is 14.3. The van der Waals surface area contributed by atoms with Gasteiger partial charge in [0.15, 0.2) is 0 Å². The van der Waals surface area contributed by atoms with Gasteiger partial charge in [-0.15, -0.1) is 0 Å². The maximum absolute atomic E-state index is 12.6. The van der Waals surface area contributed by atoms with Crippen LogP contribution in [-0.4, -0.2) is 43.9 Å². The Morgan fingerprint density at radius 3 is 2.52 bits per heavy atom. The van der Waals surface area contributed by atoms with Gasteiger partial charge in [-0.05, 0) is 63.1 Å². The first-order valence-electron chi connectivity index (χ1n) is 8.50. The van der Waals surface area contributed by atoms with E-state index in [0.29, 0.717) is 25.4 Å². The van der Waals surface area contributed by atoms with Crippen LogP contribution in [0.5, 0.6) is 5.75 Å². The van der Waals surface area contributed by atoms with Crippen molar-refractivity contribution in [2.45, 2.75) is 50.0 Å². The molecule has 1 aliphatic carbocycles. The molecule has 0 saturated heterocycles. The van der Waals surface area contributed by atoms with Crippen LogP contribution < -0.4 is 9.46 Å². The number of ether oxygens (including phenoxy) is 1. The fraction of sp³-hybridized carbons (Fsp3) is 0.588. The fourth-order valence-corrected chi connectivity index (χ4v) is 4.49. The minimum absolute atomic E-state index is 0.0779. The quantitative estimate of drug-likeness (QED) is 0.644. The molecule has 0 atom stereocenters. The van der Waals surface area contributed by atoms with Crippen LogP contribution in [0.25, 0.3) is 0 Å². The zero-order chi connectivity index (χ0) is 18.4. The Kier molecular flexibility index (Phi) is 6.80. The topological polar surface area (TPSA) is 113 Å². The average molecular weight is 371 g/mol. The largest absolute Gasteiger partial charge is 0.493 e. The van der Waals surface area contributed by atoms with Gasteiger partial charge in [0, 0.05) is 12.6 Å². The highest BCUT2D eigenvalue weighted by atomic mass is 32.2. The van der Waals surface area contributed by atoms with E-state index >= 15 is 0 Å². The molecule has 0 heterocycles. The van der Waals surface area contributed by atoms with Gasteiger partial charge in [-0.25, -0.2) is 17.9 Å². The first kappa shape index (κ1) is 19.7. The van der Waals surface area contributed by atoms with Crippen LogP contribution in [0.1, 0.15) is 49.4 Å². The lowest BCUT2D eigenvalue weighted by Gasteiger charge is -2.28. The summed E-state index contributed by atoms with van der Waals surface area (Å²) in [6, 6.07) is 3.70. The van der Waals surface area contributed by atoms with E-state index in [4.69, 9.17) is 9.84 Å². The molecular weight excluding hydrogens is 346 g/mol. The number of carboxylic acid groups (broad SMARTS) is 1. The summed E-state index contributed by atoms with van der Waals surface area (Å²) in [6.07, 6.45) is 3.93. The molecular formula is C17H25NO6S. The van der Waals surface area contributed by atoms with Crippen molar-refractivity contribution in [3.63, 3.8) is 0 Å². The summed E-state index contributed by atoms with van der Waals surface area (Å²) >= 11 is 0. The summed E-state index contributed by atoms with van der Waals surface area (Å²) in [4.78, 5) is 11.3. The van der Waals surface area contributed by atoms with E-state index < -0.39 is 16.0 Å². The number of rotatable bonds is 8. The number of carbonyl (C=O) groups is 1. The molecule has 0 radical (unpaired) electrons. The van der Waals surface area contributed by atoms with Crippen LogP contribution >= 0.6 is 0 Å². The summed E-state index contributed by atoms with van der Waals surface area (Å²) in [7, 11) is -3.80. The van der Waals surface area contributed by atoms with Crippen molar-refractivity contribution in [2.75, 3.05) is 13.2 Å². The fourth-order valence-electron chi connectivity index (χ4n) is 3.16. The van der Waals surface area contributed by atoms with Gasteiger partial charge in [-0.3, -0.25) is 0 Å². The van der Waals surface area contributed by atoms with E-state index in [1.54, 1.807) is 6.92 Å². The first-order chi connectivity index (χ1) is 11.9. The van der Waals surface area contributed by atoms with Crippen molar-refractivity contribution in [3.05, 3.63) is 23.8 Å². The van der Waals surface area contributed by atoms with Gasteiger partial charge in [-0.1, -0.05) is 0 Å². The summed E-state index contributed by atoms with van der Waals surface area (Å²) in [5.74, 6) is -0.640. The number of aromatic carboxylic acids is 1. The molecule has 3 N–H and O–H groups in total. The molecule has 8 heteroatoms. The number of nitrogens with one attached hydrogen (secondary N) is 1. The highest BCUT2D eigenvalue weighted by Gasteiger charge is 2.26. The number of aliphatic hydroxyl groups is 1. The lowest BCUT2D eigenvalue weighted by molar-refractivity contribution is 0.0692. The van der Waals surface area contributed by atoms with E-state index in [-0.39, 0.29) is 28.9 Å². The Balaban J connectivity index is 2.12. The molecule has 1 saturated carbocycles. The van der Waals surface area contributed by atoms with Crippen LogP contribution in [0, 0.1) is 5.92 Å². The van der Waals surface area contributed by atoms with Gasteiger partial charge in [0.25, 0.3) is 0 Å². The number of carboxylic acids is 1.